The molecule has 2 heterocycles. The van der Waals surface area contributed by atoms with Crippen LogP contribution in [-0.4, -0.2) is 52.5 Å². The van der Waals surface area contributed by atoms with Crippen molar-refractivity contribution >= 4 is 6.09 Å². The minimum atomic E-state index is -0.854. The summed E-state index contributed by atoms with van der Waals surface area (Å²) in [4.78, 5) is 12.4. The summed E-state index contributed by atoms with van der Waals surface area (Å²) in [5.74, 6) is 0. The van der Waals surface area contributed by atoms with Crippen LogP contribution < -0.4 is 5.32 Å². The first-order chi connectivity index (χ1) is 6.24. The fourth-order valence-corrected chi connectivity index (χ4v) is 2.42. The molecule has 1 amide bonds. The molecular formula is C8H14N2O3. The van der Waals surface area contributed by atoms with E-state index in [1.807, 2.05) is 0 Å². The van der Waals surface area contributed by atoms with Gasteiger partial charge < -0.3 is 15.5 Å². The van der Waals surface area contributed by atoms with Gasteiger partial charge in [-0.3, -0.25) is 4.90 Å². The number of nitrogens with one attached hydrogen (secondary N) is 1. The molecule has 2 fully saturated rings. The summed E-state index contributed by atoms with van der Waals surface area (Å²) in [5, 5.41) is 21.1. The van der Waals surface area contributed by atoms with E-state index in [4.69, 9.17) is 10.2 Å². The zero-order chi connectivity index (χ0) is 9.42. The molecule has 0 aliphatic carbocycles. The maximum atomic E-state index is 10.9. The molecule has 5 heteroatoms. The first kappa shape index (κ1) is 8.77. The third-order valence-corrected chi connectivity index (χ3v) is 3.04. The molecule has 0 radical (unpaired) electrons. The van der Waals surface area contributed by atoms with Gasteiger partial charge in [-0.15, -0.1) is 0 Å². The highest BCUT2D eigenvalue weighted by molar-refractivity contribution is 5.66. The predicted octanol–water partition coefficient (Wildman–Crippen LogP) is -0.539. The van der Waals surface area contributed by atoms with E-state index in [1.54, 1.807) is 0 Å². The van der Waals surface area contributed by atoms with E-state index in [1.165, 1.54) is 4.90 Å². The van der Waals surface area contributed by atoms with E-state index in [2.05, 4.69) is 5.32 Å². The number of nitrogens with zero attached hydrogens (tertiary/aromatic N) is 1. The smallest absolute Gasteiger partial charge is 0.407 e. The Morgan fingerprint density at radius 2 is 2.31 bits per heavy atom. The standard InChI is InChI=1S/C8H14N2O3/c11-4-6-7-2-1-5(3-9-6)10(7)8(12)13/h5-7,9,11H,1-4H2,(H,12,13)/t5-,6?,7+/m1/s1. The Morgan fingerprint density at radius 3 is 2.92 bits per heavy atom. The number of piperazine rings is 1. The molecule has 3 N–H and O–H groups in total. The number of amides is 1. The maximum Gasteiger partial charge on any atom is 0.407 e. The Balaban J connectivity index is 2.15. The number of rotatable bonds is 1. The van der Waals surface area contributed by atoms with Gasteiger partial charge in [-0.05, 0) is 12.8 Å². The fourth-order valence-electron chi connectivity index (χ4n) is 2.42. The molecular weight excluding hydrogens is 172 g/mol. The Bertz CT molecular complexity index is 221. The molecule has 0 spiro atoms. The third-order valence-electron chi connectivity index (χ3n) is 3.04. The Morgan fingerprint density at radius 1 is 1.54 bits per heavy atom. The number of hydrogen-bond acceptors (Lipinski definition) is 3. The van der Waals surface area contributed by atoms with E-state index in [-0.39, 0.29) is 24.7 Å². The quantitative estimate of drug-likeness (QED) is 0.514. The lowest BCUT2D eigenvalue weighted by Gasteiger charge is -2.38. The first-order valence-corrected chi connectivity index (χ1v) is 4.59. The van der Waals surface area contributed by atoms with Crippen LogP contribution >= 0.6 is 0 Å². The van der Waals surface area contributed by atoms with Crippen LogP contribution in [0.5, 0.6) is 0 Å². The van der Waals surface area contributed by atoms with Crippen LogP contribution in [0.4, 0.5) is 4.79 Å². The van der Waals surface area contributed by atoms with Crippen molar-refractivity contribution in [2.45, 2.75) is 31.0 Å². The molecule has 0 aromatic heterocycles. The zero-order valence-corrected chi connectivity index (χ0v) is 7.31. The number of aliphatic hydroxyl groups is 1. The summed E-state index contributed by atoms with van der Waals surface area (Å²) in [7, 11) is 0. The second kappa shape index (κ2) is 3.16. The van der Waals surface area contributed by atoms with E-state index >= 15 is 0 Å². The van der Waals surface area contributed by atoms with Crippen molar-refractivity contribution < 1.29 is 15.0 Å². The monoisotopic (exact) mass is 186 g/mol. The van der Waals surface area contributed by atoms with E-state index in [9.17, 15) is 4.79 Å². The average Bonchev–Trinajstić information content (AvgIpc) is 2.42. The molecule has 2 aliphatic rings. The SMILES string of the molecule is O=C(O)N1[C@@H]2CC[C@H]1C(CO)NC2. The van der Waals surface area contributed by atoms with Gasteiger partial charge in [0.05, 0.1) is 18.7 Å². The molecule has 13 heavy (non-hydrogen) atoms. The maximum absolute atomic E-state index is 10.9. The van der Waals surface area contributed by atoms with Crippen LogP contribution in [-0.2, 0) is 0 Å². The van der Waals surface area contributed by atoms with Gasteiger partial charge in [0.25, 0.3) is 0 Å². The number of fused-ring (bicyclic) bond motifs is 2. The molecule has 5 nitrogen and oxygen atoms in total. The highest BCUT2D eigenvalue weighted by Crippen LogP contribution is 2.29. The minimum Gasteiger partial charge on any atom is -0.465 e. The second-order valence-corrected chi connectivity index (χ2v) is 3.69. The Kier molecular flexibility index (Phi) is 2.13. The highest BCUT2D eigenvalue weighted by Gasteiger charge is 2.44. The molecule has 2 bridgehead atoms. The van der Waals surface area contributed by atoms with E-state index in [0.29, 0.717) is 6.54 Å². The Hall–Kier alpha value is -0.810. The van der Waals surface area contributed by atoms with Gasteiger partial charge in [-0.2, -0.15) is 0 Å². The third kappa shape index (κ3) is 1.28. The topological polar surface area (TPSA) is 72.8 Å². The van der Waals surface area contributed by atoms with Gasteiger partial charge in [0.15, 0.2) is 0 Å². The predicted molar refractivity (Wildman–Crippen MR) is 45.6 cm³/mol. The lowest BCUT2D eigenvalue weighted by Crippen LogP contribution is -2.60. The lowest BCUT2D eigenvalue weighted by atomic mass is 10.1. The summed E-state index contributed by atoms with van der Waals surface area (Å²) >= 11 is 0. The summed E-state index contributed by atoms with van der Waals surface area (Å²) in [6.45, 7) is 0.690. The van der Waals surface area contributed by atoms with Crippen molar-refractivity contribution in [1.29, 1.82) is 0 Å². The molecule has 74 valence electrons. The van der Waals surface area contributed by atoms with Crippen molar-refractivity contribution in [3.8, 4) is 0 Å². The van der Waals surface area contributed by atoms with Crippen LogP contribution in [0.15, 0.2) is 0 Å². The molecule has 0 aromatic carbocycles. The average molecular weight is 186 g/mol. The van der Waals surface area contributed by atoms with Gasteiger partial charge >= 0.3 is 6.09 Å². The van der Waals surface area contributed by atoms with E-state index in [0.717, 1.165) is 12.8 Å². The summed E-state index contributed by atoms with van der Waals surface area (Å²) < 4.78 is 0. The molecule has 2 aliphatic heterocycles. The van der Waals surface area contributed by atoms with Crippen LogP contribution in [0.2, 0.25) is 0 Å². The number of carbonyl (C=O) groups is 1. The summed E-state index contributed by atoms with van der Waals surface area (Å²) in [6, 6.07) is 0.0152. The molecule has 3 atom stereocenters. The van der Waals surface area contributed by atoms with E-state index < -0.39 is 6.09 Å². The van der Waals surface area contributed by atoms with Gasteiger partial charge in [0.2, 0.25) is 0 Å². The minimum absolute atomic E-state index is 0.0150. The van der Waals surface area contributed by atoms with Crippen molar-refractivity contribution in [2.24, 2.45) is 0 Å². The van der Waals surface area contributed by atoms with Crippen molar-refractivity contribution in [2.75, 3.05) is 13.2 Å². The normalized spacial score (nSPS) is 37.9. The number of hydrogen-bond donors (Lipinski definition) is 3. The Labute approximate surface area is 76.3 Å². The molecule has 2 saturated heterocycles. The van der Waals surface area contributed by atoms with Crippen LogP contribution in [0, 0.1) is 0 Å². The van der Waals surface area contributed by atoms with Crippen molar-refractivity contribution in [1.82, 2.24) is 10.2 Å². The zero-order valence-electron chi connectivity index (χ0n) is 7.31. The lowest BCUT2D eigenvalue weighted by molar-refractivity contribution is 0.0749. The molecule has 0 saturated carbocycles. The van der Waals surface area contributed by atoms with Gasteiger partial charge in [-0.25, -0.2) is 4.79 Å². The van der Waals surface area contributed by atoms with Gasteiger partial charge in [0, 0.05) is 12.6 Å². The fraction of sp³-hybridized carbons (Fsp3) is 0.875. The molecule has 2 rings (SSSR count). The largest absolute Gasteiger partial charge is 0.465 e. The highest BCUT2D eigenvalue weighted by atomic mass is 16.4. The first-order valence-electron chi connectivity index (χ1n) is 4.59. The summed E-state index contributed by atoms with van der Waals surface area (Å²) in [5.41, 5.74) is 0. The second-order valence-electron chi connectivity index (χ2n) is 3.69. The van der Waals surface area contributed by atoms with Gasteiger partial charge in [-0.1, -0.05) is 0 Å². The van der Waals surface area contributed by atoms with Gasteiger partial charge in [0.1, 0.15) is 0 Å². The van der Waals surface area contributed by atoms with Crippen LogP contribution in [0.3, 0.4) is 0 Å². The number of carboxylic acid groups (broad SMARTS) is 1. The molecule has 0 aromatic rings. The molecule has 1 unspecified atom stereocenters. The van der Waals surface area contributed by atoms with Crippen molar-refractivity contribution in [3.05, 3.63) is 0 Å². The summed E-state index contributed by atoms with van der Waals surface area (Å²) in [6.07, 6.45) is 0.933. The van der Waals surface area contributed by atoms with Crippen LogP contribution in [0.25, 0.3) is 0 Å². The van der Waals surface area contributed by atoms with Crippen molar-refractivity contribution in [3.63, 3.8) is 0 Å². The van der Waals surface area contributed by atoms with Crippen LogP contribution in [0.1, 0.15) is 12.8 Å². The number of aliphatic hydroxyl groups excluding tert-OH is 1.